The maximum absolute atomic E-state index is 5.43. The van der Waals surface area contributed by atoms with E-state index in [1.54, 1.807) is 14.2 Å². The summed E-state index contributed by atoms with van der Waals surface area (Å²) in [5, 5.41) is 0. The van der Waals surface area contributed by atoms with Gasteiger partial charge in [-0.25, -0.2) is 0 Å². The molecule has 0 spiro atoms. The third kappa shape index (κ3) is 4.32. The average molecular weight is 276 g/mol. The average Bonchev–Trinajstić information content (AvgIpc) is 2.34. The fraction of sp³-hybridized carbons (Fsp3) is 0.500. The number of benzene rings is 1. The maximum Gasteiger partial charge on any atom is 0.138 e. The van der Waals surface area contributed by atoms with Crippen molar-refractivity contribution in [2.75, 3.05) is 14.2 Å². The number of hydrogen-bond acceptors (Lipinski definition) is 2. The second kappa shape index (κ2) is 6.16. The molecule has 2 nitrogen and oxygen atoms in total. The van der Waals surface area contributed by atoms with E-state index in [9.17, 15) is 0 Å². The molecular formula is C16H24O2Si. The summed E-state index contributed by atoms with van der Waals surface area (Å²) in [5.41, 5.74) is 5.51. The fourth-order valence-electron chi connectivity index (χ4n) is 1.73. The summed E-state index contributed by atoms with van der Waals surface area (Å²) in [7, 11) is 1.97. The van der Waals surface area contributed by atoms with E-state index in [1.807, 2.05) is 6.07 Å². The monoisotopic (exact) mass is 276 g/mol. The second-order valence-electron chi connectivity index (χ2n) is 5.95. The number of ether oxygens (including phenoxy) is 2. The van der Waals surface area contributed by atoms with Crippen LogP contribution in [0.25, 0.3) is 0 Å². The number of hydrogen-bond donors (Lipinski definition) is 0. The SMILES string of the molecule is COc1cc(OC)c(C(C)C)cc1C#C[Si](C)(C)C. The van der Waals surface area contributed by atoms with Crippen LogP contribution in [0.3, 0.4) is 0 Å². The molecule has 1 rings (SSSR count). The summed E-state index contributed by atoms with van der Waals surface area (Å²) in [5.74, 6) is 5.33. The second-order valence-corrected chi connectivity index (χ2v) is 10.7. The lowest BCUT2D eigenvalue weighted by molar-refractivity contribution is 0.389. The molecule has 1 aromatic rings. The fourth-order valence-corrected chi connectivity index (χ4v) is 2.24. The van der Waals surface area contributed by atoms with E-state index >= 15 is 0 Å². The molecule has 1 aromatic carbocycles. The Balaban J connectivity index is 3.37. The van der Waals surface area contributed by atoms with Gasteiger partial charge >= 0.3 is 0 Å². The Hall–Kier alpha value is -1.40. The molecule has 0 radical (unpaired) electrons. The van der Waals surface area contributed by atoms with Crippen LogP contribution >= 0.6 is 0 Å². The zero-order valence-corrected chi connectivity index (χ0v) is 14.0. The van der Waals surface area contributed by atoms with Crippen molar-refractivity contribution in [1.29, 1.82) is 0 Å². The third-order valence-corrected chi connectivity index (χ3v) is 3.62. The van der Waals surface area contributed by atoms with Crippen molar-refractivity contribution >= 4 is 8.07 Å². The summed E-state index contributed by atoms with van der Waals surface area (Å²) in [4.78, 5) is 0. The standard InChI is InChI=1S/C16H24O2Si/c1-12(2)14-10-13(8-9-19(5,6)7)15(17-3)11-16(14)18-4/h10-12H,1-7H3. The van der Waals surface area contributed by atoms with Gasteiger partial charge in [-0.2, -0.15) is 0 Å². The van der Waals surface area contributed by atoms with Gasteiger partial charge in [-0.3, -0.25) is 0 Å². The van der Waals surface area contributed by atoms with Gasteiger partial charge in [-0.15, -0.1) is 5.54 Å². The smallest absolute Gasteiger partial charge is 0.138 e. The van der Waals surface area contributed by atoms with Gasteiger partial charge in [0.2, 0.25) is 0 Å². The lowest BCUT2D eigenvalue weighted by Crippen LogP contribution is -2.16. The first kappa shape index (κ1) is 15.7. The predicted octanol–water partition coefficient (Wildman–Crippen LogP) is 4.06. The molecule has 0 aromatic heterocycles. The molecule has 0 unspecified atom stereocenters. The molecule has 0 aliphatic carbocycles. The zero-order chi connectivity index (χ0) is 14.6. The predicted molar refractivity (Wildman–Crippen MR) is 83.9 cm³/mol. The molecule has 0 atom stereocenters. The van der Waals surface area contributed by atoms with E-state index in [2.05, 4.69) is 51.0 Å². The van der Waals surface area contributed by atoms with E-state index in [0.717, 1.165) is 17.1 Å². The van der Waals surface area contributed by atoms with Gasteiger partial charge in [0.25, 0.3) is 0 Å². The van der Waals surface area contributed by atoms with Crippen LogP contribution < -0.4 is 9.47 Å². The van der Waals surface area contributed by atoms with Crippen LogP contribution in [-0.2, 0) is 0 Å². The summed E-state index contributed by atoms with van der Waals surface area (Å²) >= 11 is 0. The summed E-state index contributed by atoms with van der Waals surface area (Å²) in [6.07, 6.45) is 0. The van der Waals surface area contributed by atoms with Gasteiger partial charge in [-0.1, -0.05) is 39.4 Å². The lowest BCUT2D eigenvalue weighted by Gasteiger charge is -2.15. The summed E-state index contributed by atoms with van der Waals surface area (Å²) in [6.45, 7) is 11.0. The first-order valence-corrected chi connectivity index (χ1v) is 10.1. The van der Waals surface area contributed by atoms with E-state index in [4.69, 9.17) is 9.47 Å². The quantitative estimate of drug-likeness (QED) is 0.612. The van der Waals surface area contributed by atoms with Crippen molar-refractivity contribution in [3.05, 3.63) is 23.3 Å². The zero-order valence-electron chi connectivity index (χ0n) is 13.0. The van der Waals surface area contributed by atoms with Crippen LogP contribution in [0, 0.1) is 11.5 Å². The topological polar surface area (TPSA) is 18.5 Å². The van der Waals surface area contributed by atoms with Crippen LogP contribution in [0.1, 0.15) is 30.9 Å². The molecule has 0 aliphatic heterocycles. The normalized spacial score (nSPS) is 10.9. The van der Waals surface area contributed by atoms with Crippen molar-refractivity contribution < 1.29 is 9.47 Å². The van der Waals surface area contributed by atoms with Crippen LogP contribution in [0.15, 0.2) is 12.1 Å². The Morgan fingerprint density at radius 1 is 1.00 bits per heavy atom. The Labute approximate surface area is 118 Å². The minimum absolute atomic E-state index is 0.397. The first-order valence-electron chi connectivity index (χ1n) is 6.57. The Bertz CT molecular complexity index is 502. The largest absolute Gasteiger partial charge is 0.496 e. The lowest BCUT2D eigenvalue weighted by atomic mass is 9.99. The van der Waals surface area contributed by atoms with Crippen molar-refractivity contribution in [2.24, 2.45) is 0 Å². The minimum Gasteiger partial charge on any atom is -0.496 e. The Morgan fingerprint density at radius 3 is 2.00 bits per heavy atom. The van der Waals surface area contributed by atoms with E-state index < -0.39 is 8.07 Å². The first-order chi connectivity index (χ1) is 8.78. The third-order valence-electron chi connectivity index (χ3n) is 2.75. The van der Waals surface area contributed by atoms with Crippen LogP contribution in [0.5, 0.6) is 11.5 Å². The van der Waals surface area contributed by atoms with Gasteiger partial charge in [-0.05, 0) is 17.5 Å². The molecule has 3 heteroatoms. The highest BCUT2D eigenvalue weighted by atomic mass is 28.3. The van der Waals surface area contributed by atoms with Gasteiger partial charge in [0.15, 0.2) is 0 Å². The molecular weight excluding hydrogens is 252 g/mol. The van der Waals surface area contributed by atoms with Crippen LogP contribution in [0.4, 0.5) is 0 Å². The summed E-state index contributed by atoms with van der Waals surface area (Å²) < 4.78 is 10.9. The van der Waals surface area contributed by atoms with Crippen molar-refractivity contribution in [1.82, 2.24) is 0 Å². The summed E-state index contributed by atoms with van der Waals surface area (Å²) in [6, 6.07) is 4.03. The van der Waals surface area contributed by atoms with Gasteiger partial charge in [0.05, 0.1) is 19.8 Å². The van der Waals surface area contributed by atoms with E-state index in [0.29, 0.717) is 5.92 Å². The Morgan fingerprint density at radius 2 is 1.58 bits per heavy atom. The molecule has 0 saturated carbocycles. The highest BCUT2D eigenvalue weighted by Crippen LogP contribution is 2.33. The van der Waals surface area contributed by atoms with E-state index in [1.165, 1.54) is 5.56 Å². The van der Waals surface area contributed by atoms with Crippen molar-refractivity contribution in [2.45, 2.75) is 39.4 Å². The highest BCUT2D eigenvalue weighted by Gasteiger charge is 2.13. The van der Waals surface area contributed by atoms with Crippen molar-refractivity contribution in [3.8, 4) is 23.0 Å². The van der Waals surface area contributed by atoms with Crippen LogP contribution in [-0.4, -0.2) is 22.3 Å². The molecule has 0 bridgehead atoms. The molecule has 104 valence electrons. The molecule has 0 fully saturated rings. The molecule has 0 saturated heterocycles. The molecule has 0 heterocycles. The number of rotatable bonds is 3. The molecule has 0 amide bonds. The van der Waals surface area contributed by atoms with Gasteiger partial charge in [0, 0.05) is 6.07 Å². The number of methoxy groups -OCH3 is 2. The molecule has 19 heavy (non-hydrogen) atoms. The van der Waals surface area contributed by atoms with Crippen molar-refractivity contribution in [3.63, 3.8) is 0 Å². The van der Waals surface area contributed by atoms with Gasteiger partial charge in [0.1, 0.15) is 19.6 Å². The van der Waals surface area contributed by atoms with Crippen LogP contribution in [0.2, 0.25) is 19.6 Å². The Kier molecular flexibility index (Phi) is 5.08. The van der Waals surface area contributed by atoms with Gasteiger partial charge < -0.3 is 9.47 Å². The highest BCUT2D eigenvalue weighted by molar-refractivity contribution is 6.83. The minimum atomic E-state index is -1.39. The molecule has 0 N–H and O–H groups in total. The maximum atomic E-state index is 5.43. The van der Waals surface area contributed by atoms with E-state index in [-0.39, 0.29) is 0 Å². The molecule has 0 aliphatic rings.